The van der Waals surface area contributed by atoms with Gasteiger partial charge in [-0.2, -0.15) is 0 Å². The summed E-state index contributed by atoms with van der Waals surface area (Å²) in [6.07, 6.45) is 1.68. The van der Waals surface area contributed by atoms with Gasteiger partial charge in [-0.05, 0) is 54.4 Å². The zero-order valence-electron chi connectivity index (χ0n) is 14.5. The summed E-state index contributed by atoms with van der Waals surface area (Å²) in [7, 11) is -2.50. The highest BCUT2D eigenvalue weighted by Crippen LogP contribution is 2.29. The molecular formula is C20H17ClN2O3S. The van der Waals surface area contributed by atoms with Crippen molar-refractivity contribution in [3.8, 4) is 11.3 Å². The molecule has 0 spiro atoms. The lowest BCUT2D eigenvalue weighted by atomic mass is 10.0. The van der Waals surface area contributed by atoms with Gasteiger partial charge < -0.3 is 5.32 Å². The summed E-state index contributed by atoms with van der Waals surface area (Å²) in [4.78, 5) is 16.9. The fourth-order valence-corrected chi connectivity index (χ4v) is 3.46. The predicted molar refractivity (Wildman–Crippen MR) is 108 cm³/mol. The predicted octanol–water partition coefficient (Wildman–Crippen LogP) is 4.07. The van der Waals surface area contributed by atoms with Gasteiger partial charge in [0, 0.05) is 23.0 Å². The number of nitrogens with zero attached hydrogens (tertiary/aromatic N) is 1. The second-order valence-corrected chi connectivity index (χ2v) is 7.39. The number of anilines is 1. The second kappa shape index (κ2) is 8.33. The van der Waals surface area contributed by atoms with Crippen LogP contribution in [-0.2, 0) is 16.5 Å². The van der Waals surface area contributed by atoms with Crippen molar-refractivity contribution in [3.63, 3.8) is 0 Å². The SMILES string of the molecule is Cc1cc(C[SH](=O)=O)ccc1C(=O)Nc1ccc(Cl)c(-c2ccccn2)c1. The van der Waals surface area contributed by atoms with Crippen molar-refractivity contribution in [1.82, 2.24) is 4.98 Å². The second-order valence-electron chi connectivity index (χ2n) is 6.00. The first kappa shape index (κ1) is 19.1. The van der Waals surface area contributed by atoms with Gasteiger partial charge >= 0.3 is 0 Å². The summed E-state index contributed by atoms with van der Waals surface area (Å²) >= 11 is 6.27. The molecule has 3 rings (SSSR count). The molecule has 138 valence electrons. The van der Waals surface area contributed by atoms with E-state index in [1.807, 2.05) is 18.2 Å². The standard InChI is InChI=1S/C20H17ClN2O3S/c1-13-10-14(12-27(25)26)5-7-16(13)20(24)23-15-6-8-18(21)17(11-15)19-4-2-3-9-22-19/h2-11,27H,12H2,1H3,(H,23,24). The maximum atomic E-state index is 12.6. The van der Waals surface area contributed by atoms with Crippen LogP contribution in [-0.4, -0.2) is 19.3 Å². The molecule has 27 heavy (non-hydrogen) atoms. The quantitative estimate of drug-likeness (QED) is 0.633. The smallest absolute Gasteiger partial charge is 0.255 e. The van der Waals surface area contributed by atoms with Gasteiger partial charge in [0.25, 0.3) is 5.91 Å². The molecule has 1 heterocycles. The van der Waals surface area contributed by atoms with Gasteiger partial charge in [0.15, 0.2) is 0 Å². The number of hydrogen-bond acceptors (Lipinski definition) is 4. The molecule has 0 aliphatic rings. The summed E-state index contributed by atoms with van der Waals surface area (Å²) in [6.45, 7) is 1.78. The van der Waals surface area contributed by atoms with Gasteiger partial charge in [-0.15, -0.1) is 0 Å². The highest BCUT2D eigenvalue weighted by Gasteiger charge is 2.12. The molecule has 0 radical (unpaired) electrons. The molecule has 0 atom stereocenters. The Morgan fingerprint density at radius 3 is 2.59 bits per heavy atom. The number of amides is 1. The third-order valence-corrected chi connectivity index (χ3v) is 4.97. The van der Waals surface area contributed by atoms with Gasteiger partial charge in [0.05, 0.1) is 16.5 Å². The average molecular weight is 401 g/mol. The number of aryl methyl sites for hydroxylation is 1. The Morgan fingerprint density at radius 1 is 1.11 bits per heavy atom. The largest absolute Gasteiger partial charge is 0.322 e. The molecule has 0 saturated carbocycles. The first-order valence-corrected chi connectivity index (χ1v) is 9.92. The van der Waals surface area contributed by atoms with E-state index in [-0.39, 0.29) is 11.7 Å². The van der Waals surface area contributed by atoms with Crippen molar-refractivity contribution in [2.24, 2.45) is 0 Å². The van der Waals surface area contributed by atoms with Crippen LogP contribution in [0.25, 0.3) is 11.3 Å². The molecule has 0 aliphatic heterocycles. The number of benzene rings is 2. The molecule has 1 amide bonds. The van der Waals surface area contributed by atoms with E-state index >= 15 is 0 Å². The van der Waals surface area contributed by atoms with Gasteiger partial charge in [-0.1, -0.05) is 29.8 Å². The fourth-order valence-electron chi connectivity index (χ4n) is 2.75. The Balaban J connectivity index is 1.84. The van der Waals surface area contributed by atoms with Gasteiger partial charge in [-0.25, -0.2) is 8.42 Å². The lowest BCUT2D eigenvalue weighted by Crippen LogP contribution is -2.13. The van der Waals surface area contributed by atoms with Gasteiger partial charge in [0.1, 0.15) is 10.7 Å². The van der Waals surface area contributed by atoms with E-state index in [0.29, 0.717) is 33.1 Å². The van der Waals surface area contributed by atoms with E-state index in [4.69, 9.17) is 11.6 Å². The van der Waals surface area contributed by atoms with Crippen LogP contribution >= 0.6 is 11.6 Å². The Hall–Kier alpha value is -2.70. The maximum Gasteiger partial charge on any atom is 0.255 e. The Bertz CT molecular complexity index is 1060. The minimum atomic E-state index is -2.50. The Morgan fingerprint density at radius 2 is 1.93 bits per heavy atom. The monoisotopic (exact) mass is 400 g/mol. The van der Waals surface area contributed by atoms with Crippen molar-refractivity contribution >= 4 is 33.9 Å². The number of rotatable bonds is 5. The van der Waals surface area contributed by atoms with E-state index in [1.54, 1.807) is 49.5 Å². The summed E-state index contributed by atoms with van der Waals surface area (Å²) < 4.78 is 21.7. The van der Waals surface area contributed by atoms with Crippen LogP contribution in [0.1, 0.15) is 21.5 Å². The summed E-state index contributed by atoms with van der Waals surface area (Å²) in [5, 5.41) is 3.39. The van der Waals surface area contributed by atoms with Crippen LogP contribution in [0.2, 0.25) is 5.02 Å². The maximum absolute atomic E-state index is 12.6. The first-order valence-electron chi connectivity index (χ1n) is 8.17. The molecule has 1 aromatic heterocycles. The van der Waals surface area contributed by atoms with Gasteiger partial charge in [-0.3, -0.25) is 9.78 Å². The Kier molecular flexibility index (Phi) is 5.88. The van der Waals surface area contributed by atoms with E-state index in [0.717, 1.165) is 5.56 Å². The van der Waals surface area contributed by atoms with Crippen LogP contribution in [0.4, 0.5) is 5.69 Å². The summed E-state index contributed by atoms with van der Waals surface area (Å²) in [5.41, 5.74) is 3.88. The molecular weight excluding hydrogens is 384 g/mol. The third-order valence-electron chi connectivity index (χ3n) is 4.01. The number of carbonyl (C=O) groups is 1. The van der Waals surface area contributed by atoms with Crippen molar-refractivity contribution in [1.29, 1.82) is 0 Å². The normalized spacial score (nSPS) is 10.8. The number of pyridine rings is 1. The number of hydrogen-bond donors (Lipinski definition) is 2. The number of carbonyl (C=O) groups excluding carboxylic acids is 1. The molecule has 3 aromatic rings. The molecule has 1 N–H and O–H groups in total. The minimum absolute atomic E-state index is 0.0390. The van der Waals surface area contributed by atoms with Crippen LogP contribution in [0, 0.1) is 6.92 Å². The molecule has 0 bridgehead atoms. The highest BCUT2D eigenvalue weighted by atomic mass is 35.5. The average Bonchev–Trinajstić information content (AvgIpc) is 2.63. The van der Waals surface area contributed by atoms with E-state index in [9.17, 15) is 13.2 Å². The van der Waals surface area contributed by atoms with E-state index in [2.05, 4.69) is 10.3 Å². The van der Waals surface area contributed by atoms with E-state index < -0.39 is 10.7 Å². The Labute approximate surface area is 164 Å². The lowest BCUT2D eigenvalue weighted by Gasteiger charge is -2.11. The topological polar surface area (TPSA) is 76.1 Å². The van der Waals surface area contributed by atoms with Crippen molar-refractivity contribution in [3.05, 3.63) is 82.5 Å². The highest BCUT2D eigenvalue weighted by molar-refractivity contribution is 7.71. The zero-order valence-corrected chi connectivity index (χ0v) is 16.1. The minimum Gasteiger partial charge on any atom is -0.322 e. The van der Waals surface area contributed by atoms with Crippen LogP contribution < -0.4 is 5.32 Å². The van der Waals surface area contributed by atoms with Crippen molar-refractivity contribution in [2.45, 2.75) is 12.7 Å². The fraction of sp³-hybridized carbons (Fsp3) is 0.100. The zero-order chi connectivity index (χ0) is 19.4. The molecule has 2 aromatic carbocycles. The molecule has 7 heteroatoms. The van der Waals surface area contributed by atoms with Crippen LogP contribution in [0.5, 0.6) is 0 Å². The molecule has 0 aliphatic carbocycles. The molecule has 0 fully saturated rings. The van der Waals surface area contributed by atoms with Crippen molar-refractivity contribution in [2.75, 3.05) is 5.32 Å². The van der Waals surface area contributed by atoms with Crippen LogP contribution in [0.15, 0.2) is 60.8 Å². The molecule has 5 nitrogen and oxygen atoms in total. The van der Waals surface area contributed by atoms with Crippen LogP contribution in [0.3, 0.4) is 0 Å². The van der Waals surface area contributed by atoms with Crippen molar-refractivity contribution < 1.29 is 13.2 Å². The molecule has 0 saturated heterocycles. The van der Waals surface area contributed by atoms with Gasteiger partial charge in [0.2, 0.25) is 0 Å². The number of nitrogens with one attached hydrogen (secondary N) is 1. The lowest BCUT2D eigenvalue weighted by molar-refractivity contribution is 0.102. The number of aromatic nitrogens is 1. The summed E-state index contributed by atoms with van der Waals surface area (Å²) in [6, 6.07) is 15.7. The van der Waals surface area contributed by atoms with E-state index in [1.165, 1.54) is 0 Å². The molecule has 0 unspecified atom stereocenters. The first-order chi connectivity index (χ1) is 12.9. The number of thiol groups is 1. The summed E-state index contributed by atoms with van der Waals surface area (Å²) in [5.74, 6) is -0.317. The third kappa shape index (κ3) is 4.72. The number of halogens is 1.